The van der Waals surface area contributed by atoms with Crippen LogP contribution in [0.3, 0.4) is 0 Å². The lowest BCUT2D eigenvalue weighted by Gasteiger charge is -2.17. The smallest absolute Gasteiger partial charge is 0.220 e. The minimum Gasteiger partial charge on any atom is -0.352 e. The molecule has 1 aromatic carbocycles. The summed E-state index contributed by atoms with van der Waals surface area (Å²) in [7, 11) is 0. The molecule has 0 aliphatic rings. The van der Waals surface area contributed by atoms with E-state index < -0.39 is 0 Å². The van der Waals surface area contributed by atoms with E-state index in [2.05, 4.69) is 39.1 Å². The standard InChI is InChI=1S/C14H21NO/c1-11-7-5-6-8-12(11)10-15-13(16)9-14(2,3)4/h5-8H,9-10H2,1-4H3,(H,15,16). The van der Waals surface area contributed by atoms with Gasteiger partial charge in [0.2, 0.25) is 5.91 Å². The second kappa shape index (κ2) is 5.15. The van der Waals surface area contributed by atoms with Crippen LogP contribution in [0.2, 0.25) is 0 Å². The van der Waals surface area contributed by atoms with Crippen LogP contribution in [0.15, 0.2) is 24.3 Å². The van der Waals surface area contributed by atoms with E-state index in [1.807, 2.05) is 18.2 Å². The molecule has 0 saturated carbocycles. The Morgan fingerprint density at radius 2 is 1.88 bits per heavy atom. The maximum Gasteiger partial charge on any atom is 0.220 e. The molecule has 0 unspecified atom stereocenters. The summed E-state index contributed by atoms with van der Waals surface area (Å²) in [5.41, 5.74) is 2.46. The van der Waals surface area contributed by atoms with Crippen molar-refractivity contribution in [2.45, 2.75) is 40.7 Å². The number of amides is 1. The first kappa shape index (κ1) is 12.8. The SMILES string of the molecule is Cc1ccccc1CNC(=O)CC(C)(C)C. The molecule has 1 N–H and O–H groups in total. The molecule has 1 amide bonds. The van der Waals surface area contributed by atoms with Gasteiger partial charge in [0.05, 0.1) is 0 Å². The van der Waals surface area contributed by atoms with Gasteiger partial charge in [0.1, 0.15) is 0 Å². The topological polar surface area (TPSA) is 29.1 Å². The average Bonchev–Trinajstić information content (AvgIpc) is 2.14. The molecule has 0 aromatic heterocycles. The third-order valence-electron chi connectivity index (χ3n) is 2.43. The van der Waals surface area contributed by atoms with Gasteiger partial charge in [-0.1, -0.05) is 45.0 Å². The summed E-state index contributed by atoms with van der Waals surface area (Å²) < 4.78 is 0. The van der Waals surface area contributed by atoms with E-state index in [1.54, 1.807) is 0 Å². The molecule has 0 fully saturated rings. The fourth-order valence-corrected chi connectivity index (χ4v) is 1.55. The average molecular weight is 219 g/mol. The van der Waals surface area contributed by atoms with Gasteiger partial charge in [0.15, 0.2) is 0 Å². The Morgan fingerprint density at radius 1 is 1.25 bits per heavy atom. The van der Waals surface area contributed by atoms with E-state index in [9.17, 15) is 4.79 Å². The van der Waals surface area contributed by atoms with Gasteiger partial charge < -0.3 is 5.32 Å². The van der Waals surface area contributed by atoms with Gasteiger partial charge in [-0.2, -0.15) is 0 Å². The monoisotopic (exact) mass is 219 g/mol. The van der Waals surface area contributed by atoms with Crippen LogP contribution >= 0.6 is 0 Å². The molecule has 0 bridgehead atoms. The van der Waals surface area contributed by atoms with E-state index in [-0.39, 0.29) is 11.3 Å². The highest BCUT2D eigenvalue weighted by Crippen LogP contribution is 2.18. The first-order valence-corrected chi connectivity index (χ1v) is 5.70. The molecule has 88 valence electrons. The number of rotatable bonds is 3. The van der Waals surface area contributed by atoms with Crippen molar-refractivity contribution in [1.29, 1.82) is 0 Å². The summed E-state index contributed by atoms with van der Waals surface area (Å²) in [5.74, 6) is 0.121. The number of hydrogen-bond acceptors (Lipinski definition) is 1. The van der Waals surface area contributed by atoms with E-state index >= 15 is 0 Å². The van der Waals surface area contributed by atoms with Crippen molar-refractivity contribution in [1.82, 2.24) is 5.32 Å². The zero-order valence-corrected chi connectivity index (χ0v) is 10.6. The number of nitrogens with one attached hydrogen (secondary N) is 1. The fourth-order valence-electron chi connectivity index (χ4n) is 1.55. The molecule has 0 saturated heterocycles. The van der Waals surface area contributed by atoms with Crippen LogP contribution < -0.4 is 5.32 Å². The minimum absolute atomic E-state index is 0.0514. The van der Waals surface area contributed by atoms with Crippen LogP contribution in [-0.4, -0.2) is 5.91 Å². The molecule has 2 nitrogen and oxygen atoms in total. The summed E-state index contributed by atoms with van der Waals surface area (Å²) in [5, 5.41) is 2.96. The molecule has 0 aliphatic carbocycles. The van der Waals surface area contributed by atoms with Gasteiger partial charge in [0, 0.05) is 13.0 Å². The van der Waals surface area contributed by atoms with E-state index in [1.165, 1.54) is 11.1 Å². The Balaban J connectivity index is 2.47. The lowest BCUT2D eigenvalue weighted by atomic mass is 9.92. The van der Waals surface area contributed by atoms with Crippen LogP contribution in [-0.2, 0) is 11.3 Å². The Kier molecular flexibility index (Phi) is 4.11. The van der Waals surface area contributed by atoms with Crippen LogP contribution in [0.5, 0.6) is 0 Å². The maximum atomic E-state index is 11.6. The molecule has 2 heteroatoms. The van der Waals surface area contributed by atoms with E-state index in [0.29, 0.717) is 13.0 Å². The Labute approximate surface area is 98.1 Å². The van der Waals surface area contributed by atoms with Crippen molar-refractivity contribution in [2.24, 2.45) is 5.41 Å². The van der Waals surface area contributed by atoms with Crippen molar-refractivity contribution >= 4 is 5.91 Å². The lowest BCUT2D eigenvalue weighted by Crippen LogP contribution is -2.27. The zero-order valence-electron chi connectivity index (χ0n) is 10.6. The lowest BCUT2D eigenvalue weighted by molar-refractivity contribution is -0.122. The van der Waals surface area contributed by atoms with E-state index in [4.69, 9.17) is 0 Å². The molecule has 0 atom stereocenters. The molecule has 1 rings (SSSR count). The maximum absolute atomic E-state index is 11.6. The first-order chi connectivity index (χ1) is 7.38. The van der Waals surface area contributed by atoms with E-state index in [0.717, 1.165) is 0 Å². The summed E-state index contributed by atoms with van der Waals surface area (Å²) in [6.07, 6.45) is 0.568. The highest BCUT2D eigenvalue weighted by molar-refractivity contribution is 5.76. The van der Waals surface area contributed by atoms with Crippen molar-refractivity contribution < 1.29 is 4.79 Å². The number of aryl methyl sites for hydroxylation is 1. The molecule has 0 aliphatic heterocycles. The second-order valence-corrected chi connectivity index (χ2v) is 5.44. The van der Waals surface area contributed by atoms with Gasteiger partial charge in [0.25, 0.3) is 0 Å². The van der Waals surface area contributed by atoms with Crippen molar-refractivity contribution in [2.75, 3.05) is 0 Å². The second-order valence-electron chi connectivity index (χ2n) is 5.44. The highest BCUT2D eigenvalue weighted by Gasteiger charge is 2.15. The fraction of sp³-hybridized carbons (Fsp3) is 0.500. The largest absolute Gasteiger partial charge is 0.352 e. The van der Waals surface area contributed by atoms with Crippen LogP contribution in [0.25, 0.3) is 0 Å². The number of benzene rings is 1. The van der Waals surface area contributed by atoms with Crippen LogP contribution in [0, 0.1) is 12.3 Å². The number of hydrogen-bond donors (Lipinski definition) is 1. The summed E-state index contributed by atoms with van der Waals surface area (Å²) in [4.78, 5) is 11.6. The molecule has 0 radical (unpaired) electrons. The minimum atomic E-state index is 0.0514. The first-order valence-electron chi connectivity index (χ1n) is 5.70. The Morgan fingerprint density at radius 3 is 2.44 bits per heavy atom. The molecule has 0 heterocycles. The summed E-state index contributed by atoms with van der Waals surface area (Å²) in [6, 6.07) is 8.12. The number of carbonyl (C=O) groups is 1. The predicted molar refractivity (Wildman–Crippen MR) is 67.1 cm³/mol. The molecule has 16 heavy (non-hydrogen) atoms. The van der Waals surface area contributed by atoms with Gasteiger partial charge >= 0.3 is 0 Å². The quantitative estimate of drug-likeness (QED) is 0.831. The van der Waals surface area contributed by atoms with Crippen molar-refractivity contribution in [3.05, 3.63) is 35.4 Å². The van der Waals surface area contributed by atoms with Gasteiger partial charge in [-0.3, -0.25) is 4.79 Å². The molecule has 1 aromatic rings. The van der Waals surface area contributed by atoms with Crippen LogP contribution in [0.1, 0.15) is 38.3 Å². The van der Waals surface area contributed by atoms with Crippen molar-refractivity contribution in [3.8, 4) is 0 Å². The third-order valence-corrected chi connectivity index (χ3v) is 2.43. The van der Waals surface area contributed by atoms with Gasteiger partial charge in [-0.25, -0.2) is 0 Å². The normalized spacial score (nSPS) is 11.2. The number of carbonyl (C=O) groups excluding carboxylic acids is 1. The summed E-state index contributed by atoms with van der Waals surface area (Å²) >= 11 is 0. The third kappa shape index (κ3) is 4.47. The highest BCUT2D eigenvalue weighted by atomic mass is 16.1. The summed E-state index contributed by atoms with van der Waals surface area (Å²) in [6.45, 7) is 8.90. The zero-order chi connectivity index (χ0) is 12.2. The van der Waals surface area contributed by atoms with Crippen LogP contribution in [0.4, 0.5) is 0 Å². The Bertz CT molecular complexity index is 363. The van der Waals surface area contributed by atoms with Gasteiger partial charge in [-0.05, 0) is 23.5 Å². The predicted octanol–water partition coefficient (Wildman–Crippen LogP) is 3.05. The van der Waals surface area contributed by atoms with Gasteiger partial charge in [-0.15, -0.1) is 0 Å². The molecular weight excluding hydrogens is 198 g/mol. The molecular formula is C14H21NO. The Hall–Kier alpha value is -1.31. The van der Waals surface area contributed by atoms with Crippen molar-refractivity contribution in [3.63, 3.8) is 0 Å². The molecule has 0 spiro atoms.